The smallest absolute Gasteiger partial charge is 0.433 e. The maximum Gasteiger partial charge on any atom is 0.436 e. The van der Waals surface area contributed by atoms with E-state index in [4.69, 9.17) is 16.0 Å². The molecule has 0 aliphatic heterocycles. The Kier molecular flexibility index (Phi) is 3.39. The van der Waals surface area contributed by atoms with Gasteiger partial charge >= 0.3 is 6.05 Å². The lowest BCUT2D eigenvalue weighted by molar-refractivity contribution is -0.0271. The van der Waals surface area contributed by atoms with Gasteiger partial charge in [0, 0.05) is 5.02 Å². The summed E-state index contributed by atoms with van der Waals surface area (Å²) in [5.41, 5.74) is 0.873. The van der Waals surface area contributed by atoms with Crippen LogP contribution in [0.3, 0.4) is 0 Å². The molecule has 106 valence electrons. The summed E-state index contributed by atoms with van der Waals surface area (Å²) in [5.74, 6) is -0.790. The van der Waals surface area contributed by atoms with E-state index in [-0.39, 0.29) is 11.3 Å². The lowest BCUT2D eigenvalue weighted by Gasteiger charge is -2.03. The number of rotatable bonds is 3. The summed E-state index contributed by atoms with van der Waals surface area (Å²) in [6.45, 7) is 0. The predicted octanol–water partition coefficient (Wildman–Crippen LogP) is 5.31. The van der Waals surface area contributed by atoms with E-state index in [0.29, 0.717) is 10.5 Å². The number of para-hydroxylation sites is 2. The largest absolute Gasteiger partial charge is 0.436 e. The second kappa shape index (κ2) is 5.21. The number of halogens is 3. The second-order valence-electron chi connectivity index (χ2n) is 4.20. The van der Waals surface area contributed by atoms with Gasteiger partial charge in [0.1, 0.15) is 5.52 Å². The summed E-state index contributed by atoms with van der Waals surface area (Å²) in [6, 6.07) is 8.88. The Morgan fingerprint density at radius 3 is 2.48 bits per heavy atom. The minimum absolute atomic E-state index is 0.259. The van der Waals surface area contributed by atoms with Crippen LogP contribution in [0.5, 0.6) is 0 Å². The maximum atomic E-state index is 13.9. The average molecular weight is 308 g/mol. The van der Waals surface area contributed by atoms with Gasteiger partial charge in [-0.25, -0.2) is 4.98 Å². The van der Waals surface area contributed by atoms with Crippen LogP contribution in [0.2, 0.25) is 5.02 Å². The highest BCUT2D eigenvalue weighted by atomic mass is 35.5. The number of fused-ring (bicyclic) bond motifs is 1. The Balaban J connectivity index is 1.90. The molecule has 0 amide bonds. The van der Waals surface area contributed by atoms with Crippen molar-refractivity contribution < 1.29 is 13.2 Å². The molecule has 0 aliphatic carbocycles. The van der Waals surface area contributed by atoms with Gasteiger partial charge in [0.15, 0.2) is 5.58 Å². The summed E-state index contributed by atoms with van der Waals surface area (Å²) in [7, 11) is 0. The molecule has 0 aliphatic rings. The van der Waals surface area contributed by atoms with Crippen LogP contribution in [0.4, 0.5) is 14.5 Å². The minimum Gasteiger partial charge on any atom is -0.433 e. The first kappa shape index (κ1) is 13.6. The molecule has 0 radical (unpaired) electrons. The van der Waals surface area contributed by atoms with Crippen molar-refractivity contribution in [2.45, 2.75) is 6.05 Å². The van der Waals surface area contributed by atoms with Crippen molar-refractivity contribution in [3.05, 3.63) is 59.4 Å². The Morgan fingerprint density at radius 1 is 1.05 bits per heavy atom. The van der Waals surface area contributed by atoms with Crippen molar-refractivity contribution in [3.63, 3.8) is 0 Å². The molecule has 0 bridgehead atoms. The molecule has 0 fully saturated rings. The molecule has 0 saturated carbocycles. The third-order valence-electron chi connectivity index (χ3n) is 2.67. The highest BCUT2D eigenvalue weighted by Crippen LogP contribution is 2.32. The first-order valence-electron chi connectivity index (χ1n) is 5.97. The van der Waals surface area contributed by atoms with Gasteiger partial charge in [-0.05, 0) is 36.4 Å². The fourth-order valence-corrected chi connectivity index (χ4v) is 1.80. The van der Waals surface area contributed by atoms with Crippen LogP contribution >= 0.6 is 11.6 Å². The lowest BCUT2D eigenvalue weighted by atomic mass is 10.3. The molecule has 1 aromatic heterocycles. The summed E-state index contributed by atoms with van der Waals surface area (Å²) in [6.07, 6.45) is 0. The summed E-state index contributed by atoms with van der Waals surface area (Å²) >= 11 is 5.70. The standard InChI is InChI=1S/C14H8ClF2N3O/c15-9-5-7-10(8-6-9)19-20-14(16,17)13-18-11-3-1-2-4-12(11)21-13/h1-8H. The molecule has 2 aromatic carbocycles. The van der Waals surface area contributed by atoms with Crippen LogP contribution in [0.25, 0.3) is 11.1 Å². The summed E-state index contributed by atoms with van der Waals surface area (Å²) < 4.78 is 32.8. The maximum absolute atomic E-state index is 13.9. The van der Waals surface area contributed by atoms with Crippen LogP contribution in [0.1, 0.15) is 5.89 Å². The lowest BCUT2D eigenvalue weighted by Crippen LogP contribution is -2.09. The molecule has 0 saturated heterocycles. The number of aromatic nitrogens is 1. The van der Waals surface area contributed by atoms with Crippen LogP contribution in [-0.2, 0) is 6.05 Å². The second-order valence-corrected chi connectivity index (χ2v) is 4.64. The zero-order chi connectivity index (χ0) is 14.9. The van der Waals surface area contributed by atoms with Crippen molar-refractivity contribution in [3.8, 4) is 0 Å². The van der Waals surface area contributed by atoms with Crippen molar-refractivity contribution in [2.24, 2.45) is 10.2 Å². The number of nitrogens with zero attached hydrogens (tertiary/aromatic N) is 3. The first-order chi connectivity index (χ1) is 10.0. The van der Waals surface area contributed by atoms with Gasteiger partial charge in [-0.1, -0.05) is 23.7 Å². The zero-order valence-electron chi connectivity index (χ0n) is 10.5. The van der Waals surface area contributed by atoms with Gasteiger partial charge in [0.25, 0.3) is 5.89 Å². The molecule has 7 heteroatoms. The van der Waals surface area contributed by atoms with Crippen molar-refractivity contribution in [1.82, 2.24) is 4.98 Å². The SMILES string of the molecule is FC(F)(N=Nc1ccc(Cl)cc1)c1nc2ccccc2o1. The van der Waals surface area contributed by atoms with Gasteiger partial charge in [-0.2, -0.15) is 8.78 Å². The number of benzene rings is 2. The molecule has 1 heterocycles. The quantitative estimate of drug-likeness (QED) is 0.486. The van der Waals surface area contributed by atoms with E-state index >= 15 is 0 Å². The van der Waals surface area contributed by atoms with Gasteiger partial charge in [-0.3, -0.25) is 0 Å². The number of hydrogen-bond donors (Lipinski definition) is 0. The fourth-order valence-electron chi connectivity index (χ4n) is 1.67. The Bertz CT molecular complexity index is 766. The third kappa shape index (κ3) is 2.90. The van der Waals surface area contributed by atoms with Crippen molar-refractivity contribution >= 4 is 28.4 Å². The Morgan fingerprint density at radius 2 is 1.76 bits per heavy atom. The first-order valence-corrected chi connectivity index (χ1v) is 6.35. The van der Waals surface area contributed by atoms with Crippen LogP contribution in [0.15, 0.2) is 63.2 Å². The topological polar surface area (TPSA) is 50.8 Å². The van der Waals surface area contributed by atoms with E-state index in [2.05, 4.69) is 15.2 Å². The molecule has 0 spiro atoms. The molecular formula is C14H8ClF2N3O. The Labute approximate surface area is 123 Å². The van der Waals surface area contributed by atoms with Crippen molar-refractivity contribution in [2.75, 3.05) is 0 Å². The van der Waals surface area contributed by atoms with Crippen LogP contribution < -0.4 is 0 Å². The minimum atomic E-state index is -3.64. The van der Waals surface area contributed by atoms with Crippen LogP contribution in [-0.4, -0.2) is 4.98 Å². The van der Waals surface area contributed by atoms with E-state index in [1.165, 1.54) is 24.3 Å². The highest BCUT2D eigenvalue weighted by molar-refractivity contribution is 6.30. The van der Waals surface area contributed by atoms with Crippen molar-refractivity contribution in [1.29, 1.82) is 0 Å². The molecular weight excluding hydrogens is 300 g/mol. The monoisotopic (exact) mass is 307 g/mol. The summed E-state index contributed by atoms with van der Waals surface area (Å²) in [5, 5.41) is 6.98. The number of azo groups is 1. The van der Waals surface area contributed by atoms with E-state index < -0.39 is 11.9 Å². The van der Waals surface area contributed by atoms with E-state index in [9.17, 15) is 8.78 Å². The number of hydrogen-bond acceptors (Lipinski definition) is 4. The number of oxazole rings is 1. The molecule has 4 nitrogen and oxygen atoms in total. The van der Waals surface area contributed by atoms with Crippen LogP contribution in [0, 0.1) is 0 Å². The predicted molar refractivity (Wildman–Crippen MR) is 73.9 cm³/mol. The normalized spacial score (nSPS) is 12.3. The van der Waals surface area contributed by atoms with E-state index in [1.807, 2.05) is 0 Å². The molecule has 21 heavy (non-hydrogen) atoms. The van der Waals surface area contributed by atoms with E-state index in [1.54, 1.807) is 24.3 Å². The zero-order valence-corrected chi connectivity index (χ0v) is 11.3. The third-order valence-corrected chi connectivity index (χ3v) is 2.92. The molecule has 0 atom stereocenters. The van der Waals surface area contributed by atoms with Gasteiger partial charge in [-0.15, -0.1) is 10.2 Å². The average Bonchev–Trinajstić information content (AvgIpc) is 2.91. The fraction of sp³-hybridized carbons (Fsp3) is 0.0714. The molecule has 3 rings (SSSR count). The van der Waals surface area contributed by atoms with E-state index in [0.717, 1.165) is 0 Å². The number of alkyl halides is 2. The van der Waals surface area contributed by atoms with Gasteiger partial charge in [0.2, 0.25) is 0 Å². The summed E-state index contributed by atoms with van der Waals surface area (Å²) in [4.78, 5) is 3.72. The highest BCUT2D eigenvalue weighted by Gasteiger charge is 2.38. The van der Waals surface area contributed by atoms with Gasteiger partial charge in [0.05, 0.1) is 5.69 Å². The molecule has 0 N–H and O–H groups in total. The molecule has 0 unspecified atom stereocenters. The van der Waals surface area contributed by atoms with Gasteiger partial charge < -0.3 is 4.42 Å². The molecule has 3 aromatic rings. The Hall–Kier alpha value is -2.34.